The number of hydrogen-bond donors (Lipinski definition) is 1. The number of nitrogens with zero attached hydrogens (tertiary/aromatic N) is 1. The summed E-state index contributed by atoms with van der Waals surface area (Å²) >= 11 is 1.70. The first-order valence-corrected chi connectivity index (χ1v) is 8.55. The molecule has 0 aliphatic carbocycles. The van der Waals surface area contributed by atoms with Crippen LogP contribution in [0.15, 0.2) is 30.3 Å². The number of carbonyl (C=O) groups is 1. The van der Waals surface area contributed by atoms with Gasteiger partial charge in [-0.2, -0.15) is 11.8 Å². The molecule has 1 unspecified atom stereocenters. The standard InChI is InChI=1S/C16H25NO2S/c1-4-12-17(5-2)16(15(18)19,11-13-20-3)14-9-7-6-8-10-14/h6-10H,4-5,11-13H2,1-3H3,(H,18,19). The Morgan fingerprint density at radius 3 is 2.40 bits per heavy atom. The Morgan fingerprint density at radius 1 is 1.30 bits per heavy atom. The van der Waals surface area contributed by atoms with E-state index in [1.54, 1.807) is 11.8 Å². The summed E-state index contributed by atoms with van der Waals surface area (Å²) in [7, 11) is 0. The number of rotatable bonds is 9. The summed E-state index contributed by atoms with van der Waals surface area (Å²) in [5.74, 6) is 0.0922. The van der Waals surface area contributed by atoms with E-state index in [-0.39, 0.29) is 0 Å². The van der Waals surface area contributed by atoms with Crippen molar-refractivity contribution in [2.45, 2.75) is 32.2 Å². The molecule has 0 saturated heterocycles. The van der Waals surface area contributed by atoms with E-state index in [0.717, 1.165) is 30.8 Å². The van der Waals surface area contributed by atoms with Gasteiger partial charge in [0.15, 0.2) is 0 Å². The number of benzene rings is 1. The fourth-order valence-electron chi connectivity index (χ4n) is 2.70. The lowest BCUT2D eigenvalue weighted by Gasteiger charge is -2.40. The lowest BCUT2D eigenvalue weighted by molar-refractivity contribution is -0.153. The number of carboxylic acids is 1. The highest BCUT2D eigenvalue weighted by atomic mass is 32.2. The highest BCUT2D eigenvalue weighted by Crippen LogP contribution is 2.34. The average molecular weight is 295 g/mol. The number of aliphatic carboxylic acids is 1. The zero-order valence-electron chi connectivity index (χ0n) is 12.6. The minimum Gasteiger partial charge on any atom is -0.480 e. The molecule has 1 aromatic carbocycles. The third-order valence-electron chi connectivity index (χ3n) is 3.69. The molecule has 0 saturated carbocycles. The van der Waals surface area contributed by atoms with Gasteiger partial charge in [-0.25, -0.2) is 4.79 Å². The van der Waals surface area contributed by atoms with Crippen LogP contribution >= 0.6 is 11.8 Å². The van der Waals surface area contributed by atoms with Crippen LogP contribution in [0.3, 0.4) is 0 Å². The van der Waals surface area contributed by atoms with Gasteiger partial charge in [0.2, 0.25) is 0 Å². The van der Waals surface area contributed by atoms with Crippen molar-refractivity contribution in [3.05, 3.63) is 35.9 Å². The normalized spacial score (nSPS) is 14.2. The van der Waals surface area contributed by atoms with Crippen molar-refractivity contribution < 1.29 is 9.90 Å². The molecule has 0 aliphatic rings. The lowest BCUT2D eigenvalue weighted by Crippen LogP contribution is -2.52. The molecule has 0 spiro atoms. The van der Waals surface area contributed by atoms with Gasteiger partial charge in [-0.1, -0.05) is 44.2 Å². The molecule has 0 heterocycles. The van der Waals surface area contributed by atoms with Crippen LogP contribution in [-0.4, -0.2) is 41.1 Å². The van der Waals surface area contributed by atoms with E-state index in [4.69, 9.17) is 0 Å². The molecule has 1 N–H and O–H groups in total. The van der Waals surface area contributed by atoms with Gasteiger partial charge in [0, 0.05) is 0 Å². The van der Waals surface area contributed by atoms with Gasteiger partial charge in [0.05, 0.1) is 0 Å². The predicted octanol–water partition coefficient (Wildman–Crippen LogP) is 3.45. The highest BCUT2D eigenvalue weighted by molar-refractivity contribution is 7.98. The number of carboxylic acid groups (broad SMARTS) is 1. The monoisotopic (exact) mass is 295 g/mol. The van der Waals surface area contributed by atoms with Crippen molar-refractivity contribution in [1.82, 2.24) is 4.90 Å². The van der Waals surface area contributed by atoms with E-state index in [9.17, 15) is 9.90 Å². The Kier molecular flexibility index (Phi) is 7.10. The van der Waals surface area contributed by atoms with Crippen LogP contribution in [0.2, 0.25) is 0 Å². The Morgan fingerprint density at radius 2 is 1.95 bits per heavy atom. The fraction of sp³-hybridized carbons (Fsp3) is 0.562. The van der Waals surface area contributed by atoms with Gasteiger partial charge in [0.1, 0.15) is 5.54 Å². The van der Waals surface area contributed by atoms with E-state index in [0.29, 0.717) is 6.42 Å². The van der Waals surface area contributed by atoms with Crippen LogP contribution in [0.25, 0.3) is 0 Å². The first kappa shape index (κ1) is 17.1. The van der Waals surface area contributed by atoms with E-state index in [1.807, 2.05) is 43.5 Å². The highest BCUT2D eigenvalue weighted by Gasteiger charge is 2.44. The van der Waals surface area contributed by atoms with Crippen molar-refractivity contribution in [2.75, 3.05) is 25.1 Å². The van der Waals surface area contributed by atoms with Crippen molar-refractivity contribution >= 4 is 17.7 Å². The summed E-state index contributed by atoms with van der Waals surface area (Å²) in [6.45, 7) is 5.67. The van der Waals surface area contributed by atoms with Crippen molar-refractivity contribution in [3.63, 3.8) is 0 Å². The second-order valence-electron chi connectivity index (χ2n) is 4.85. The summed E-state index contributed by atoms with van der Waals surface area (Å²) in [6.07, 6.45) is 3.60. The molecule has 0 aliphatic heterocycles. The van der Waals surface area contributed by atoms with E-state index in [1.165, 1.54) is 0 Å². The van der Waals surface area contributed by atoms with Crippen LogP contribution in [0, 0.1) is 0 Å². The summed E-state index contributed by atoms with van der Waals surface area (Å²) < 4.78 is 0. The van der Waals surface area contributed by atoms with Gasteiger partial charge in [-0.3, -0.25) is 4.90 Å². The third-order valence-corrected chi connectivity index (χ3v) is 4.30. The Balaban J connectivity index is 3.30. The Hall–Kier alpha value is -1.00. The maximum atomic E-state index is 12.2. The van der Waals surface area contributed by atoms with E-state index in [2.05, 4.69) is 11.8 Å². The van der Waals surface area contributed by atoms with E-state index < -0.39 is 11.5 Å². The second-order valence-corrected chi connectivity index (χ2v) is 5.84. The molecule has 112 valence electrons. The minimum atomic E-state index is -0.908. The molecule has 0 aromatic heterocycles. The maximum absolute atomic E-state index is 12.2. The van der Waals surface area contributed by atoms with Gasteiger partial charge in [-0.15, -0.1) is 0 Å². The summed E-state index contributed by atoms with van der Waals surface area (Å²) in [6, 6.07) is 9.65. The number of thioether (sulfide) groups is 1. The van der Waals surface area contributed by atoms with Crippen molar-refractivity contribution in [3.8, 4) is 0 Å². The van der Waals surface area contributed by atoms with Crippen LogP contribution in [0.5, 0.6) is 0 Å². The van der Waals surface area contributed by atoms with E-state index >= 15 is 0 Å². The molecule has 0 radical (unpaired) electrons. The maximum Gasteiger partial charge on any atom is 0.328 e. The lowest BCUT2D eigenvalue weighted by atomic mass is 9.85. The smallest absolute Gasteiger partial charge is 0.328 e. The quantitative estimate of drug-likeness (QED) is 0.757. The molecule has 3 nitrogen and oxygen atoms in total. The van der Waals surface area contributed by atoms with Gasteiger partial charge < -0.3 is 5.11 Å². The largest absolute Gasteiger partial charge is 0.480 e. The topological polar surface area (TPSA) is 40.5 Å². The average Bonchev–Trinajstić information content (AvgIpc) is 2.47. The zero-order valence-corrected chi connectivity index (χ0v) is 13.4. The molecular formula is C16H25NO2S. The summed E-state index contributed by atoms with van der Waals surface area (Å²) in [4.78, 5) is 14.3. The molecule has 4 heteroatoms. The molecular weight excluding hydrogens is 270 g/mol. The molecule has 1 atom stereocenters. The molecule has 0 fully saturated rings. The Bertz CT molecular complexity index is 410. The fourth-order valence-corrected chi connectivity index (χ4v) is 3.20. The molecule has 1 aromatic rings. The zero-order chi connectivity index (χ0) is 15.0. The molecule has 20 heavy (non-hydrogen) atoms. The Labute approximate surface area is 126 Å². The SMILES string of the molecule is CCCN(CC)C(CCSC)(C(=O)O)c1ccccc1. The molecule has 0 bridgehead atoms. The molecule has 0 amide bonds. The van der Waals surface area contributed by atoms with Crippen molar-refractivity contribution in [1.29, 1.82) is 0 Å². The summed E-state index contributed by atoms with van der Waals surface area (Å²) in [5, 5.41) is 9.98. The first-order valence-electron chi connectivity index (χ1n) is 7.16. The minimum absolute atomic E-state index is 0.626. The summed E-state index contributed by atoms with van der Waals surface area (Å²) in [5.41, 5.74) is -0.0217. The van der Waals surface area contributed by atoms with Crippen LogP contribution < -0.4 is 0 Å². The first-order chi connectivity index (χ1) is 9.63. The second kappa shape index (κ2) is 8.32. The third kappa shape index (κ3) is 3.55. The van der Waals surface area contributed by atoms with Gasteiger partial charge in [0.25, 0.3) is 0 Å². The van der Waals surface area contributed by atoms with Crippen LogP contribution in [0.4, 0.5) is 0 Å². The molecule has 1 rings (SSSR count). The number of hydrogen-bond acceptors (Lipinski definition) is 3. The van der Waals surface area contributed by atoms with Crippen LogP contribution in [0.1, 0.15) is 32.3 Å². The van der Waals surface area contributed by atoms with Gasteiger partial charge >= 0.3 is 5.97 Å². The predicted molar refractivity (Wildman–Crippen MR) is 86.3 cm³/mol. The van der Waals surface area contributed by atoms with Gasteiger partial charge in [-0.05, 0) is 43.5 Å². The van der Waals surface area contributed by atoms with Crippen molar-refractivity contribution in [2.24, 2.45) is 0 Å². The van der Waals surface area contributed by atoms with Crippen LogP contribution in [-0.2, 0) is 10.3 Å². The number of likely N-dealkylation sites (N-methyl/N-ethyl adjacent to an activating group) is 1.